The summed E-state index contributed by atoms with van der Waals surface area (Å²) in [4.78, 5) is 8.44. The zero-order valence-corrected chi connectivity index (χ0v) is 12.3. The Hall–Kier alpha value is -1.40. The van der Waals surface area contributed by atoms with E-state index in [0.29, 0.717) is 12.4 Å². The third-order valence-electron chi connectivity index (χ3n) is 3.97. The van der Waals surface area contributed by atoms with E-state index in [-0.39, 0.29) is 5.92 Å². The molecule has 5 N–H and O–H groups in total. The van der Waals surface area contributed by atoms with Crippen molar-refractivity contribution in [3.8, 4) is 0 Å². The molecule has 0 saturated heterocycles. The van der Waals surface area contributed by atoms with E-state index in [1.165, 1.54) is 12.7 Å². The van der Waals surface area contributed by atoms with E-state index < -0.39 is 5.60 Å². The molecule has 1 aromatic rings. The van der Waals surface area contributed by atoms with E-state index in [0.717, 1.165) is 37.1 Å². The fraction of sp³-hybridized carbons (Fsp3) is 0.714. The van der Waals surface area contributed by atoms with Gasteiger partial charge in [-0.05, 0) is 18.8 Å². The largest absolute Gasteiger partial charge is 0.388 e. The molecular weight excluding hydrogens is 254 g/mol. The lowest BCUT2D eigenvalue weighted by Crippen LogP contribution is -2.39. The lowest BCUT2D eigenvalue weighted by molar-refractivity contribution is 0.0166. The predicted molar refractivity (Wildman–Crippen MR) is 80.5 cm³/mol. The van der Waals surface area contributed by atoms with Crippen molar-refractivity contribution >= 4 is 11.6 Å². The summed E-state index contributed by atoms with van der Waals surface area (Å²) in [5.74, 6) is 7.13. The minimum absolute atomic E-state index is 0.241. The average Bonchev–Trinajstić information content (AvgIpc) is 2.45. The normalized spacial score (nSPS) is 18.1. The number of aliphatic hydroxyl groups is 1. The van der Waals surface area contributed by atoms with Crippen LogP contribution in [0.1, 0.15) is 57.4 Å². The molecule has 0 aliphatic heterocycles. The SMILES string of the molecule is CC(C)c1c(NN)ncnc1NCC1(O)CCCCC1. The second kappa shape index (κ2) is 6.37. The smallest absolute Gasteiger partial charge is 0.148 e. The van der Waals surface area contributed by atoms with Crippen molar-refractivity contribution in [2.75, 3.05) is 17.3 Å². The van der Waals surface area contributed by atoms with Crippen LogP contribution in [0.4, 0.5) is 11.6 Å². The minimum atomic E-state index is -0.617. The Balaban J connectivity index is 2.12. The molecule has 6 nitrogen and oxygen atoms in total. The number of hydrogen-bond acceptors (Lipinski definition) is 6. The van der Waals surface area contributed by atoms with Gasteiger partial charge in [-0.15, -0.1) is 0 Å². The van der Waals surface area contributed by atoms with Crippen molar-refractivity contribution in [3.63, 3.8) is 0 Å². The van der Waals surface area contributed by atoms with E-state index >= 15 is 0 Å². The van der Waals surface area contributed by atoms with Crippen molar-refractivity contribution in [1.82, 2.24) is 9.97 Å². The lowest BCUT2D eigenvalue weighted by atomic mass is 9.85. The number of hydrogen-bond donors (Lipinski definition) is 4. The number of aromatic nitrogens is 2. The van der Waals surface area contributed by atoms with Gasteiger partial charge in [0.2, 0.25) is 0 Å². The Morgan fingerprint density at radius 3 is 2.50 bits per heavy atom. The van der Waals surface area contributed by atoms with E-state index in [1.54, 1.807) is 0 Å². The molecule has 1 aliphatic carbocycles. The highest BCUT2D eigenvalue weighted by atomic mass is 16.3. The van der Waals surface area contributed by atoms with Gasteiger partial charge in [0.15, 0.2) is 0 Å². The zero-order valence-electron chi connectivity index (χ0n) is 12.3. The van der Waals surface area contributed by atoms with Gasteiger partial charge in [0.05, 0.1) is 5.60 Å². The number of anilines is 2. The Labute approximate surface area is 120 Å². The van der Waals surface area contributed by atoms with Crippen LogP contribution >= 0.6 is 0 Å². The average molecular weight is 279 g/mol. The van der Waals surface area contributed by atoms with E-state index in [1.807, 2.05) is 0 Å². The van der Waals surface area contributed by atoms with E-state index in [4.69, 9.17) is 5.84 Å². The second-order valence-electron chi connectivity index (χ2n) is 5.92. The van der Waals surface area contributed by atoms with Gasteiger partial charge in [-0.3, -0.25) is 0 Å². The molecule has 1 heterocycles. The van der Waals surface area contributed by atoms with E-state index in [2.05, 4.69) is 34.6 Å². The second-order valence-corrected chi connectivity index (χ2v) is 5.92. The van der Waals surface area contributed by atoms with Crippen LogP contribution in [0, 0.1) is 0 Å². The van der Waals surface area contributed by atoms with Crippen LogP contribution < -0.4 is 16.6 Å². The molecule has 1 saturated carbocycles. The number of hydrazine groups is 1. The molecule has 0 bridgehead atoms. The van der Waals surface area contributed by atoms with Crippen LogP contribution in [0.25, 0.3) is 0 Å². The zero-order chi connectivity index (χ0) is 14.6. The standard InChI is InChI=1S/C14H25N5O/c1-10(2)11-12(17-9-18-13(11)19-15)16-8-14(20)6-4-3-5-7-14/h9-10,20H,3-8,15H2,1-2H3,(H2,16,17,18,19). The summed E-state index contributed by atoms with van der Waals surface area (Å²) in [6, 6.07) is 0. The molecule has 2 rings (SSSR count). The summed E-state index contributed by atoms with van der Waals surface area (Å²) >= 11 is 0. The molecule has 112 valence electrons. The summed E-state index contributed by atoms with van der Waals surface area (Å²) in [7, 11) is 0. The topological polar surface area (TPSA) is 96.1 Å². The van der Waals surface area contributed by atoms with Crippen molar-refractivity contribution in [2.24, 2.45) is 5.84 Å². The molecular formula is C14H25N5O. The summed E-state index contributed by atoms with van der Waals surface area (Å²) in [6.07, 6.45) is 6.58. The van der Waals surface area contributed by atoms with Crippen LogP contribution in [-0.2, 0) is 0 Å². The molecule has 1 fully saturated rings. The third kappa shape index (κ3) is 3.37. The first-order valence-electron chi connectivity index (χ1n) is 7.33. The van der Waals surface area contributed by atoms with Gasteiger partial charge in [0.1, 0.15) is 18.0 Å². The van der Waals surface area contributed by atoms with Crippen LogP contribution in [0.3, 0.4) is 0 Å². The molecule has 0 spiro atoms. The number of nitrogen functional groups attached to an aromatic ring is 1. The van der Waals surface area contributed by atoms with Crippen LogP contribution in [0.2, 0.25) is 0 Å². The Kier molecular flexibility index (Phi) is 4.77. The van der Waals surface area contributed by atoms with Gasteiger partial charge in [-0.25, -0.2) is 15.8 Å². The lowest BCUT2D eigenvalue weighted by Gasteiger charge is -2.32. The van der Waals surface area contributed by atoms with Crippen molar-refractivity contribution < 1.29 is 5.11 Å². The Morgan fingerprint density at radius 2 is 1.90 bits per heavy atom. The first-order valence-corrected chi connectivity index (χ1v) is 7.33. The number of nitrogens with one attached hydrogen (secondary N) is 2. The quantitative estimate of drug-likeness (QED) is 0.486. The summed E-state index contributed by atoms with van der Waals surface area (Å²) < 4.78 is 0. The first-order chi connectivity index (χ1) is 9.56. The molecule has 0 unspecified atom stereocenters. The molecule has 0 atom stereocenters. The first kappa shape index (κ1) is 15.0. The van der Waals surface area contributed by atoms with E-state index in [9.17, 15) is 5.11 Å². The summed E-state index contributed by atoms with van der Waals surface area (Å²) in [5, 5.41) is 13.8. The molecule has 6 heteroatoms. The highest BCUT2D eigenvalue weighted by molar-refractivity contribution is 5.58. The molecule has 1 aromatic heterocycles. The fourth-order valence-corrected chi connectivity index (χ4v) is 2.83. The van der Waals surface area contributed by atoms with Gasteiger partial charge in [-0.1, -0.05) is 33.1 Å². The van der Waals surface area contributed by atoms with Gasteiger partial charge in [-0.2, -0.15) is 0 Å². The van der Waals surface area contributed by atoms with Gasteiger partial charge >= 0.3 is 0 Å². The van der Waals surface area contributed by atoms with Crippen molar-refractivity contribution in [1.29, 1.82) is 0 Å². The number of rotatable bonds is 5. The van der Waals surface area contributed by atoms with Gasteiger partial charge < -0.3 is 15.8 Å². The molecule has 0 aromatic carbocycles. The summed E-state index contributed by atoms with van der Waals surface area (Å²) in [6.45, 7) is 4.66. The Bertz CT molecular complexity index is 443. The predicted octanol–water partition coefficient (Wildman–Crippen LogP) is 1.99. The molecule has 0 radical (unpaired) electrons. The maximum absolute atomic E-state index is 10.5. The Morgan fingerprint density at radius 1 is 1.25 bits per heavy atom. The van der Waals surface area contributed by atoms with Gasteiger partial charge in [0.25, 0.3) is 0 Å². The maximum Gasteiger partial charge on any atom is 0.148 e. The fourth-order valence-electron chi connectivity index (χ4n) is 2.83. The number of nitrogens with two attached hydrogens (primary N) is 1. The van der Waals surface area contributed by atoms with Crippen LogP contribution in [0.5, 0.6) is 0 Å². The molecule has 1 aliphatic rings. The van der Waals surface area contributed by atoms with Gasteiger partial charge in [0, 0.05) is 12.1 Å². The minimum Gasteiger partial charge on any atom is -0.388 e. The van der Waals surface area contributed by atoms with Crippen LogP contribution in [0.15, 0.2) is 6.33 Å². The highest BCUT2D eigenvalue weighted by Gasteiger charge is 2.29. The highest BCUT2D eigenvalue weighted by Crippen LogP contribution is 2.31. The molecule has 0 amide bonds. The molecule has 20 heavy (non-hydrogen) atoms. The number of nitrogens with zero attached hydrogens (tertiary/aromatic N) is 2. The van der Waals surface area contributed by atoms with Crippen molar-refractivity contribution in [2.45, 2.75) is 57.5 Å². The summed E-state index contributed by atoms with van der Waals surface area (Å²) in [5.41, 5.74) is 2.95. The monoisotopic (exact) mass is 279 g/mol. The van der Waals surface area contributed by atoms with Crippen molar-refractivity contribution in [3.05, 3.63) is 11.9 Å². The van der Waals surface area contributed by atoms with Crippen LogP contribution in [-0.4, -0.2) is 27.2 Å². The third-order valence-corrected chi connectivity index (χ3v) is 3.97. The maximum atomic E-state index is 10.5.